The first-order valence-electron chi connectivity index (χ1n) is 4.02. The van der Waals surface area contributed by atoms with Gasteiger partial charge in [0.15, 0.2) is 10.9 Å². The molecule has 0 unspecified atom stereocenters. The second kappa shape index (κ2) is 5.17. The molecular weight excluding hydrogens is 220 g/mol. The molecule has 1 aromatic carbocycles. The Labute approximate surface area is 91.6 Å². The van der Waals surface area contributed by atoms with Crippen LogP contribution in [-0.2, 0) is 4.79 Å². The van der Waals surface area contributed by atoms with Gasteiger partial charge in [0.25, 0.3) is 0 Å². The number of carbonyl (C=O) groups excluding carboxylic acids is 2. The Morgan fingerprint density at radius 1 is 1.36 bits per heavy atom. The van der Waals surface area contributed by atoms with Crippen LogP contribution in [0.15, 0.2) is 24.3 Å². The molecule has 0 bridgehead atoms. The highest BCUT2D eigenvalue weighted by Gasteiger charge is 2.10. The highest BCUT2D eigenvalue weighted by molar-refractivity contribution is 8.14. The molecule has 0 fully saturated rings. The fourth-order valence-corrected chi connectivity index (χ4v) is 1.66. The first-order valence-corrected chi connectivity index (χ1v) is 5.38. The molecule has 2 nitrogen and oxygen atoms in total. The first-order chi connectivity index (χ1) is 6.61. The number of carbonyl (C=O) groups is 2. The zero-order valence-electron chi connectivity index (χ0n) is 7.62. The summed E-state index contributed by atoms with van der Waals surface area (Å²) in [5, 5.41) is 0.368. The van der Waals surface area contributed by atoms with E-state index in [2.05, 4.69) is 0 Å². The van der Waals surface area contributed by atoms with E-state index in [0.717, 1.165) is 11.8 Å². The molecule has 0 atom stereocenters. The first kappa shape index (κ1) is 11.3. The maximum atomic E-state index is 11.5. The van der Waals surface area contributed by atoms with Gasteiger partial charge in [-0.25, -0.2) is 0 Å². The molecule has 74 valence electrons. The predicted molar refractivity (Wildman–Crippen MR) is 58.9 cm³/mol. The molecule has 0 spiro atoms. The number of Topliss-reactive ketones (excluding diaryl/α,β-unsaturated/α-hetero) is 1. The van der Waals surface area contributed by atoms with Crippen molar-refractivity contribution >= 4 is 34.3 Å². The van der Waals surface area contributed by atoms with E-state index >= 15 is 0 Å². The summed E-state index contributed by atoms with van der Waals surface area (Å²) in [4.78, 5) is 22.2. The van der Waals surface area contributed by atoms with Gasteiger partial charge in [-0.3, -0.25) is 9.59 Å². The van der Waals surface area contributed by atoms with Gasteiger partial charge in [-0.15, -0.1) is 0 Å². The van der Waals surface area contributed by atoms with Gasteiger partial charge in [-0.1, -0.05) is 35.5 Å². The van der Waals surface area contributed by atoms with Crippen molar-refractivity contribution in [3.8, 4) is 0 Å². The number of benzene rings is 1. The van der Waals surface area contributed by atoms with Crippen molar-refractivity contribution < 1.29 is 9.59 Å². The molecule has 0 aliphatic carbocycles. The third-order valence-electron chi connectivity index (χ3n) is 1.58. The maximum absolute atomic E-state index is 11.5. The third-order valence-corrected chi connectivity index (χ3v) is 2.72. The fraction of sp³-hybridized carbons (Fsp3) is 0.200. The van der Waals surface area contributed by atoms with Gasteiger partial charge < -0.3 is 0 Å². The molecule has 0 amide bonds. The van der Waals surface area contributed by atoms with E-state index < -0.39 is 0 Å². The van der Waals surface area contributed by atoms with Crippen molar-refractivity contribution in [1.29, 1.82) is 0 Å². The summed E-state index contributed by atoms with van der Waals surface area (Å²) in [5.41, 5.74) is 0.475. The molecule has 0 N–H and O–H groups in total. The van der Waals surface area contributed by atoms with E-state index in [1.807, 2.05) is 0 Å². The molecule has 0 heterocycles. The molecule has 0 aliphatic heterocycles. The van der Waals surface area contributed by atoms with Crippen LogP contribution < -0.4 is 0 Å². The minimum Gasteiger partial charge on any atom is -0.293 e. The number of thioether (sulfide) groups is 1. The van der Waals surface area contributed by atoms with Gasteiger partial charge in [0.05, 0.1) is 10.8 Å². The van der Waals surface area contributed by atoms with Crippen molar-refractivity contribution in [2.24, 2.45) is 0 Å². The van der Waals surface area contributed by atoms with E-state index in [1.54, 1.807) is 24.3 Å². The lowest BCUT2D eigenvalue weighted by Crippen LogP contribution is -2.04. The van der Waals surface area contributed by atoms with Crippen LogP contribution in [0.1, 0.15) is 17.3 Å². The molecule has 4 heteroatoms. The van der Waals surface area contributed by atoms with Gasteiger partial charge in [-0.2, -0.15) is 0 Å². The lowest BCUT2D eigenvalue weighted by Gasteiger charge is -2.00. The summed E-state index contributed by atoms with van der Waals surface area (Å²) in [6, 6.07) is 6.83. The molecule has 0 aromatic heterocycles. The van der Waals surface area contributed by atoms with Gasteiger partial charge in [-0.05, 0) is 12.1 Å². The molecule has 0 saturated carbocycles. The van der Waals surface area contributed by atoms with E-state index in [4.69, 9.17) is 11.6 Å². The minimum atomic E-state index is -0.115. The summed E-state index contributed by atoms with van der Waals surface area (Å²) in [6.45, 7) is 1.44. The molecule has 0 saturated heterocycles. The van der Waals surface area contributed by atoms with Crippen LogP contribution in [0.2, 0.25) is 5.02 Å². The third kappa shape index (κ3) is 3.16. The van der Waals surface area contributed by atoms with Crippen molar-refractivity contribution in [2.75, 3.05) is 5.75 Å². The van der Waals surface area contributed by atoms with Crippen molar-refractivity contribution in [3.05, 3.63) is 34.9 Å². The Hall–Kier alpha value is -0.800. The molecule has 1 rings (SSSR count). The lowest BCUT2D eigenvalue weighted by molar-refractivity contribution is -0.109. The highest BCUT2D eigenvalue weighted by Crippen LogP contribution is 2.17. The quantitative estimate of drug-likeness (QED) is 0.746. The summed E-state index contributed by atoms with van der Waals surface area (Å²) in [7, 11) is 0. The number of halogens is 1. The van der Waals surface area contributed by atoms with Crippen LogP contribution in [0, 0.1) is 0 Å². The van der Waals surface area contributed by atoms with Crippen LogP contribution in [0.4, 0.5) is 0 Å². The topological polar surface area (TPSA) is 34.1 Å². The molecule has 1 aromatic rings. The Kier molecular flexibility index (Phi) is 4.17. The number of hydrogen-bond donors (Lipinski definition) is 0. The molecule has 0 radical (unpaired) electrons. The van der Waals surface area contributed by atoms with Crippen LogP contribution in [0.3, 0.4) is 0 Å². The predicted octanol–water partition coefficient (Wildman–Crippen LogP) is 2.80. The lowest BCUT2D eigenvalue weighted by atomic mass is 10.1. The summed E-state index contributed by atoms with van der Waals surface area (Å²) < 4.78 is 0. The fourth-order valence-electron chi connectivity index (χ4n) is 0.932. The maximum Gasteiger partial charge on any atom is 0.186 e. The van der Waals surface area contributed by atoms with E-state index in [0.29, 0.717) is 10.6 Å². The van der Waals surface area contributed by atoms with Crippen molar-refractivity contribution in [2.45, 2.75) is 6.92 Å². The van der Waals surface area contributed by atoms with Crippen LogP contribution in [0.25, 0.3) is 0 Å². The largest absolute Gasteiger partial charge is 0.293 e. The molecule has 0 aliphatic rings. The second-order valence-electron chi connectivity index (χ2n) is 2.68. The molecular formula is C10H9ClO2S. The SMILES string of the molecule is CC(=O)SCC(=O)c1ccccc1Cl. The standard InChI is InChI=1S/C10H9ClO2S/c1-7(12)14-6-10(13)8-4-2-3-5-9(8)11/h2-5H,6H2,1H3. The van der Waals surface area contributed by atoms with Crippen molar-refractivity contribution in [3.63, 3.8) is 0 Å². The summed E-state index contributed by atoms with van der Waals surface area (Å²) in [5.74, 6) is 0.0369. The molecule has 14 heavy (non-hydrogen) atoms. The van der Waals surface area contributed by atoms with Gasteiger partial charge in [0.2, 0.25) is 0 Å². The highest BCUT2D eigenvalue weighted by atomic mass is 35.5. The normalized spacial score (nSPS) is 9.86. The van der Waals surface area contributed by atoms with Crippen molar-refractivity contribution in [1.82, 2.24) is 0 Å². The van der Waals surface area contributed by atoms with Crippen LogP contribution in [0.5, 0.6) is 0 Å². The van der Waals surface area contributed by atoms with Crippen LogP contribution in [-0.4, -0.2) is 16.7 Å². The van der Waals surface area contributed by atoms with Gasteiger partial charge in [0.1, 0.15) is 0 Å². The average Bonchev–Trinajstić information content (AvgIpc) is 2.15. The summed E-state index contributed by atoms with van der Waals surface area (Å²) in [6.07, 6.45) is 0. The average molecular weight is 229 g/mol. The second-order valence-corrected chi connectivity index (χ2v) is 4.24. The Morgan fingerprint density at radius 2 is 2.00 bits per heavy atom. The Balaban J connectivity index is 2.70. The Morgan fingerprint density at radius 3 is 2.57 bits per heavy atom. The van der Waals surface area contributed by atoms with E-state index in [-0.39, 0.29) is 16.7 Å². The summed E-state index contributed by atoms with van der Waals surface area (Å²) >= 11 is 6.82. The number of rotatable bonds is 3. The smallest absolute Gasteiger partial charge is 0.186 e. The van der Waals surface area contributed by atoms with Crippen LogP contribution >= 0.6 is 23.4 Å². The minimum absolute atomic E-state index is 0.0644. The van der Waals surface area contributed by atoms with E-state index in [1.165, 1.54) is 6.92 Å². The Bertz CT molecular complexity index is 363. The van der Waals surface area contributed by atoms with Gasteiger partial charge >= 0.3 is 0 Å². The number of hydrogen-bond acceptors (Lipinski definition) is 3. The zero-order valence-corrected chi connectivity index (χ0v) is 9.19. The monoisotopic (exact) mass is 228 g/mol. The van der Waals surface area contributed by atoms with Gasteiger partial charge in [0, 0.05) is 12.5 Å². The zero-order chi connectivity index (χ0) is 10.6. The van der Waals surface area contributed by atoms with E-state index in [9.17, 15) is 9.59 Å². The number of ketones is 1.